The smallest absolute Gasteiger partial charge is 0.411 e. The first kappa shape index (κ1) is 28.2. The molecule has 1 aliphatic rings. The number of carbonyl (C=O) groups excluding carboxylic acids is 3. The highest BCUT2D eigenvalue weighted by molar-refractivity contribution is 5.93. The first-order chi connectivity index (χ1) is 17.5. The molecule has 2 amide bonds. The lowest BCUT2D eigenvalue weighted by atomic mass is 9.97. The van der Waals surface area contributed by atoms with Crippen LogP contribution >= 0.6 is 0 Å². The Morgan fingerprint density at radius 3 is 2.11 bits per heavy atom. The molecule has 0 aliphatic carbocycles. The second-order valence-electron chi connectivity index (χ2n) is 10.6. The van der Waals surface area contributed by atoms with Gasteiger partial charge in [-0.2, -0.15) is 0 Å². The summed E-state index contributed by atoms with van der Waals surface area (Å²) in [6, 6.07) is 17.8. The van der Waals surface area contributed by atoms with E-state index in [2.05, 4.69) is 5.32 Å². The van der Waals surface area contributed by atoms with Crippen molar-refractivity contribution in [2.45, 2.75) is 84.0 Å². The van der Waals surface area contributed by atoms with Gasteiger partial charge in [0.25, 0.3) is 0 Å². The molecule has 0 unspecified atom stereocenters. The lowest BCUT2D eigenvalue weighted by Gasteiger charge is -2.36. The SMILES string of the molecule is C[C@@H](OCc1ccccc1)[C@H](NC(=O)[C@]1(C)CCCN1C(=O)OC(C)(C)C)C(=O)OCc1ccccc1. The molecule has 0 aromatic heterocycles. The highest BCUT2D eigenvalue weighted by atomic mass is 16.6. The second kappa shape index (κ2) is 12.2. The summed E-state index contributed by atoms with van der Waals surface area (Å²) in [5, 5.41) is 2.83. The van der Waals surface area contributed by atoms with Gasteiger partial charge in [-0.15, -0.1) is 0 Å². The molecule has 0 spiro atoms. The molecule has 3 rings (SSSR count). The Morgan fingerprint density at radius 2 is 1.54 bits per heavy atom. The van der Waals surface area contributed by atoms with Crippen LogP contribution in [0.2, 0.25) is 0 Å². The standard InChI is InChI=1S/C29H38N2O6/c1-21(35-19-22-13-8-6-9-14-22)24(25(32)36-20-23-15-10-7-11-16-23)30-26(33)29(5)17-12-18-31(29)27(34)37-28(2,3)4/h6-11,13-16,21,24H,12,17-20H2,1-5H3,(H,30,33)/t21-,24+,29+/m1/s1. The summed E-state index contributed by atoms with van der Waals surface area (Å²) < 4.78 is 17.1. The Labute approximate surface area is 219 Å². The van der Waals surface area contributed by atoms with Gasteiger partial charge in [-0.1, -0.05) is 60.7 Å². The van der Waals surface area contributed by atoms with E-state index in [4.69, 9.17) is 14.2 Å². The molecule has 2 aromatic rings. The molecular formula is C29H38N2O6. The molecule has 37 heavy (non-hydrogen) atoms. The number of esters is 1. The number of hydrogen-bond acceptors (Lipinski definition) is 6. The minimum absolute atomic E-state index is 0.0682. The molecule has 8 heteroatoms. The molecule has 1 N–H and O–H groups in total. The number of rotatable bonds is 9. The first-order valence-electron chi connectivity index (χ1n) is 12.7. The zero-order valence-electron chi connectivity index (χ0n) is 22.4. The number of likely N-dealkylation sites (tertiary alicyclic amines) is 1. The Kier molecular flexibility index (Phi) is 9.32. The van der Waals surface area contributed by atoms with Crippen LogP contribution in [-0.2, 0) is 37.0 Å². The number of nitrogens with one attached hydrogen (secondary N) is 1. The lowest BCUT2D eigenvalue weighted by molar-refractivity contribution is -0.155. The predicted molar refractivity (Wildman–Crippen MR) is 139 cm³/mol. The predicted octanol–water partition coefficient (Wildman–Crippen LogP) is 4.61. The Morgan fingerprint density at radius 1 is 0.973 bits per heavy atom. The van der Waals surface area contributed by atoms with Gasteiger partial charge in [0.1, 0.15) is 17.7 Å². The van der Waals surface area contributed by atoms with Crippen LogP contribution in [0.4, 0.5) is 4.79 Å². The number of nitrogens with zero attached hydrogens (tertiary/aromatic N) is 1. The largest absolute Gasteiger partial charge is 0.459 e. The van der Waals surface area contributed by atoms with Crippen molar-refractivity contribution in [3.63, 3.8) is 0 Å². The van der Waals surface area contributed by atoms with E-state index < -0.39 is 41.3 Å². The van der Waals surface area contributed by atoms with Crippen molar-refractivity contribution >= 4 is 18.0 Å². The van der Waals surface area contributed by atoms with Gasteiger partial charge in [0.15, 0.2) is 6.04 Å². The quantitative estimate of drug-likeness (QED) is 0.495. The molecule has 8 nitrogen and oxygen atoms in total. The van der Waals surface area contributed by atoms with E-state index in [1.165, 1.54) is 4.90 Å². The second-order valence-corrected chi connectivity index (χ2v) is 10.6. The number of ether oxygens (including phenoxy) is 3. The fraction of sp³-hybridized carbons (Fsp3) is 0.483. The molecule has 200 valence electrons. The van der Waals surface area contributed by atoms with Gasteiger partial charge in [-0.3, -0.25) is 9.69 Å². The fourth-order valence-corrected chi connectivity index (χ4v) is 4.19. The highest BCUT2D eigenvalue weighted by Crippen LogP contribution is 2.31. The van der Waals surface area contributed by atoms with Crippen LogP contribution in [0.1, 0.15) is 58.6 Å². The van der Waals surface area contributed by atoms with E-state index in [0.29, 0.717) is 19.4 Å². The van der Waals surface area contributed by atoms with Gasteiger partial charge in [0.2, 0.25) is 5.91 Å². The van der Waals surface area contributed by atoms with E-state index in [1.54, 1.807) is 34.6 Å². The molecule has 1 heterocycles. The van der Waals surface area contributed by atoms with Crippen LogP contribution in [0, 0.1) is 0 Å². The maximum atomic E-state index is 13.6. The zero-order chi connectivity index (χ0) is 27.1. The average molecular weight is 511 g/mol. The summed E-state index contributed by atoms with van der Waals surface area (Å²) in [4.78, 5) is 41.1. The molecule has 3 atom stereocenters. The summed E-state index contributed by atoms with van der Waals surface area (Å²) in [7, 11) is 0. The van der Waals surface area contributed by atoms with E-state index in [-0.39, 0.29) is 13.2 Å². The molecule has 1 fully saturated rings. The average Bonchev–Trinajstić information content (AvgIpc) is 3.27. The molecular weight excluding hydrogens is 472 g/mol. The number of benzene rings is 2. The van der Waals surface area contributed by atoms with Crippen LogP contribution in [-0.4, -0.2) is 52.7 Å². The molecule has 0 radical (unpaired) electrons. The van der Waals surface area contributed by atoms with Crippen molar-refractivity contribution in [1.82, 2.24) is 10.2 Å². The summed E-state index contributed by atoms with van der Waals surface area (Å²) >= 11 is 0. The van der Waals surface area contributed by atoms with E-state index in [1.807, 2.05) is 60.7 Å². The first-order valence-corrected chi connectivity index (χ1v) is 12.7. The molecule has 0 bridgehead atoms. The Hall–Kier alpha value is -3.39. The highest BCUT2D eigenvalue weighted by Gasteiger charge is 2.48. The normalized spacial score (nSPS) is 19.1. The third-order valence-electron chi connectivity index (χ3n) is 6.33. The lowest BCUT2D eigenvalue weighted by Crippen LogP contribution is -2.60. The van der Waals surface area contributed by atoms with Crippen LogP contribution < -0.4 is 5.32 Å². The van der Waals surface area contributed by atoms with Crippen molar-refractivity contribution in [3.05, 3.63) is 71.8 Å². The van der Waals surface area contributed by atoms with E-state index >= 15 is 0 Å². The van der Waals surface area contributed by atoms with Crippen LogP contribution in [0.3, 0.4) is 0 Å². The molecule has 2 aromatic carbocycles. The Bertz CT molecular complexity index is 1050. The van der Waals surface area contributed by atoms with Gasteiger partial charge in [-0.25, -0.2) is 9.59 Å². The van der Waals surface area contributed by atoms with Crippen molar-refractivity contribution < 1.29 is 28.6 Å². The van der Waals surface area contributed by atoms with Crippen molar-refractivity contribution in [3.8, 4) is 0 Å². The minimum Gasteiger partial charge on any atom is -0.459 e. The monoisotopic (exact) mass is 510 g/mol. The van der Waals surface area contributed by atoms with Gasteiger partial charge in [-0.05, 0) is 58.6 Å². The third-order valence-corrected chi connectivity index (χ3v) is 6.33. The van der Waals surface area contributed by atoms with E-state index in [9.17, 15) is 14.4 Å². The molecule has 1 saturated heterocycles. The van der Waals surface area contributed by atoms with E-state index in [0.717, 1.165) is 11.1 Å². The van der Waals surface area contributed by atoms with Crippen molar-refractivity contribution in [1.29, 1.82) is 0 Å². The van der Waals surface area contributed by atoms with Crippen LogP contribution in [0.5, 0.6) is 0 Å². The summed E-state index contributed by atoms with van der Waals surface area (Å²) in [6.07, 6.45) is -0.151. The zero-order valence-corrected chi connectivity index (χ0v) is 22.4. The summed E-state index contributed by atoms with van der Waals surface area (Å²) in [5.74, 6) is -1.06. The fourth-order valence-electron chi connectivity index (χ4n) is 4.19. The van der Waals surface area contributed by atoms with Crippen molar-refractivity contribution in [2.24, 2.45) is 0 Å². The minimum atomic E-state index is -1.17. The third kappa shape index (κ3) is 7.79. The topological polar surface area (TPSA) is 94.2 Å². The molecule has 1 aliphatic heterocycles. The van der Waals surface area contributed by atoms with Gasteiger partial charge in [0, 0.05) is 6.54 Å². The Balaban J connectivity index is 1.75. The summed E-state index contributed by atoms with van der Waals surface area (Å²) in [5.41, 5.74) is -0.0892. The van der Waals surface area contributed by atoms with Crippen molar-refractivity contribution in [2.75, 3.05) is 6.54 Å². The van der Waals surface area contributed by atoms with Crippen LogP contribution in [0.15, 0.2) is 60.7 Å². The van der Waals surface area contributed by atoms with Crippen LogP contribution in [0.25, 0.3) is 0 Å². The summed E-state index contributed by atoms with van der Waals surface area (Å²) in [6.45, 7) is 9.48. The van der Waals surface area contributed by atoms with Gasteiger partial charge in [0.05, 0.1) is 12.7 Å². The molecule has 0 saturated carbocycles. The number of hydrogen-bond donors (Lipinski definition) is 1. The number of amides is 2. The number of carbonyl (C=O) groups is 3. The maximum absolute atomic E-state index is 13.6. The van der Waals surface area contributed by atoms with Gasteiger partial charge < -0.3 is 19.5 Å². The van der Waals surface area contributed by atoms with Gasteiger partial charge >= 0.3 is 12.1 Å². The maximum Gasteiger partial charge on any atom is 0.411 e.